The Bertz CT molecular complexity index is 496. The van der Waals surface area contributed by atoms with Crippen LogP contribution in [0.3, 0.4) is 0 Å². The third kappa shape index (κ3) is 3.22. The van der Waals surface area contributed by atoms with E-state index in [-0.39, 0.29) is 5.56 Å². The fourth-order valence-electron chi connectivity index (χ4n) is 1.43. The molecule has 0 aliphatic carbocycles. The van der Waals surface area contributed by atoms with Gasteiger partial charge in [0.15, 0.2) is 0 Å². The Balaban J connectivity index is 1.93. The van der Waals surface area contributed by atoms with Crippen LogP contribution in [0.25, 0.3) is 0 Å². The number of rotatable bonds is 5. The molecule has 0 atom stereocenters. The molecular weight excluding hydrogens is 256 g/mol. The molecule has 2 aromatic rings. The highest BCUT2D eigenvalue weighted by molar-refractivity contribution is 7.09. The van der Waals surface area contributed by atoms with Crippen molar-refractivity contribution < 1.29 is 8.78 Å². The predicted molar refractivity (Wildman–Crippen MR) is 68.0 cm³/mol. The van der Waals surface area contributed by atoms with E-state index in [1.165, 1.54) is 23.7 Å². The lowest BCUT2D eigenvalue weighted by molar-refractivity contribution is 0.151. The Kier molecular flexibility index (Phi) is 4.19. The van der Waals surface area contributed by atoms with Crippen molar-refractivity contribution in [3.63, 3.8) is 0 Å². The molecule has 0 bridgehead atoms. The summed E-state index contributed by atoms with van der Waals surface area (Å²) in [6.45, 7) is 2.55. The molecule has 2 rings (SSSR count). The molecule has 0 amide bonds. The second-order valence-electron chi connectivity index (χ2n) is 3.77. The summed E-state index contributed by atoms with van der Waals surface area (Å²) in [5.41, 5.74) is 0.982. The number of nitrogens with one attached hydrogen (secondary N) is 1. The lowest BCUT2D eigenvalue weighted by atomic mass is 10.1. The second-order valence-corrected chi connectivity index (χ2v) is 4.52. The summed E-state index contributed by atoms with van der Waals surface area (Å²) in [6.07, 6.45) is -1.61. The first-order valence-electron chi connectivity index (χ1n) is 5.62. The maximum atomic E-state index is 12.4. The fraction of sp³-hybridized carbons (Fsp3) is 0.333. The van der Waals surface area contributed by atoms with Gasteiger partial charge in [-0.15, -0.1) is 0 Å². The second kappa shape index (κ2) is 5.86. The molecule has 0 spiro atoms. The van der Waals surface area contributed by atoms with Crippen LogP contribution in [-0.4, -0.2) is 9.36 Å². The van der Waals surface area contributed by atoms with E-state index in [1.54, 1.807) is 12.1 Å². The van der Waals surface area contributed by atoms with Gasteiger partial charge in [-0.25, -0.2) is 13.8 Å². The van der Waals surface area contributed by atoms with Crippen LogP contribution >= 0.6 is 11.5 Å². The van der Waals surface area contributed by atoms with Gasteiger partial charge >= 0.3 is 0 Å². The quantitative estimate of drug-likeness (QED) is 0.900. The van der Waals surface area contributed by atoms with Crippen molar-refractivity contribution in [2.75, 3.05) is 5.32 Å². The van der Waals surface area contributed by atoms with Gasteiger partial charge in [0.2, 0.25) is 5.13 Å². The molecule has 6 heteroatoms. The van der Waals surface area contributed by atoms with E-state index in [1.807, 2.05) is 6.92 Å². The highest BCUT2D eigenvalue weighted by Crippen LogP contribution is 2.19. The van der Waals surface area contributed by atoms with Gasteiger partial charge in [-0.05, 0) is 5.56 Å². The molecule has 0 saturated heterocycles. The Hall–Kier alpha value is -1.56. The average molecular weight is 269 g/mol. The Morgan fingerprint density at radius 3 is 2.56 bits per heavy atom. The molecule has 0 unspecified atom stereocenters. The molecule has 1 aromatic carbocycles. The molecule has 3 nitrogen and oxygen atoms in total. The molecule has 1 aromatic heterocycles. The standard InChI is InChI=1S/C12H13F2N3S/c1-2-10-16-12(18-17-10)15-7-8-3-5-9(6-4-8)11(13)14/h3-6,11H,2,7H2,1H3,(H,15,16,17). The van der Waals surface area contributed by atoms with Crippen LogP contribution in [0.5, 0.6) is 0 Å². The number of hydrogen-bond donors (Lipinski definition) is 1. The van der Waals surface area contributed by atoms with Gasteiger partial charge in [0.05, 0.1) is 0 Å². The zero-order valence-corrected chi connectivity index (χ0v) is 10.7. The molecule has 0 aliphatic heterocycles. The van der Waals surface area contributed by atoms with Crippen molar-refractivity contribution >= 4 is 16.7 Å². The normalized spacial score (nSPS) is 10.9. The van der Waals surface area contributed by atoms with E-state index in [4.69, 9.17) is 0 Å². The summed E-state index contributed by atoms with van der Waals surface area (Å²) in [4.78, 5) is 4.27. The van der Waals surface area contributed by atoms with Gasteiger partial charge in [-0.3, -0.25) is 0 Å². The first-order valence-corrected chi connectivity index (χ1v) is 6.40. The minimum atomic E-state index is -2.41. The van der Waals surface area contributed by atoms with Crippen LogP contribution in [0.15, 0.2) is 24.3 Å². The lowest BCUT2D eigenvalue weighted by Crippen LogP contribution is -1.99. The monoisotopic (exact) mass is 269 g/mol. The SMILES string of the molecule is CCc1nsc(NCc2ccc(C(F)F)cc2)n1. The molecule has 1 N–H and O–H groups in total. The first-order chi connectivity index (χ1) is 8.69. The van der Waals surface area contributed by atoms with Gasteiger partial charge < -0.3 is 5.32 Å². The van der Waals surface area contributed by atoms with Gasteiger partial charge in [0, 0.05) is 30.1 Å². The van der Waals surface area contributed by atoms with Crippen LogP contribution in [-0.2, 0) is 13.0 Å². The number of hydrogen-bond acceptors (Lipinski definition) is 4. The molecule has 0 radical (unpaired) electrons. The van der Waals surface area contributed by atoms with E-state index in [2.05, 4.69) is 14.7 Å². The van der Waals surface area contributed by atoms with Gasteiger partial charge in [-0.1, -0.05) is 31.2 Å². The van der Waals surface area contributed by atoms with Crippen LogP contribution in [0.1, 0.15) is 30.3 Å². The summed E-state index contributed by atoms with van der Waals surface area (Å²) in [5.74, 6) is 0.815. The van der Waals surface area contributed by atoms with E-state index < -0.39 is 6.43 Å². The number of aryl methyl sites for hydroxylation is 1. The molecule has 0 saturated carbocycles. The molecular formula is C12H13F2N3S. The van der Waals surface area contributed by atoms with Crippen LogP contribution < -0.4 is 5.32 Å². The van der Waals surface area contributed by atoms with Crippen molar-refractivity contribution in [2.24, 2.45) is 0 Å². The number of aromatic nitrogens is 2. The molecule has 0 fully saturated rings. The maximum absolute atomic E-state index is 12.4. The van der Waals surface area contributed by atoms with E-state index in [0.717, 1.165) is 22.9 Å². The van der Waals surface area contributed by atoms with Crippen molar-refractivity contribution in [2.45, 2.75) is 26.3 Å². The van der Waals surface area contributed by atoms with Crippen molar-refractivity contribution in [3.05, 3.63) is 41.2 Å². The summed E-state index contributed by atoms with van der Waals surface area (Å²) >= 11 is 1.31. The Labute approximate surface area is 108 Å². The zero-order chi connectivity index (χ0) is 13.0. The molecule has 18 heavy (non-hydrogen) atoms. The predicted octanol–water partition coefficient (Wildman–Crippen LogP) is 3.65. The highest BCUT2D eigenvalue weighted by Gasteiger charge is 2.06. The van der Waals surface area contributed by atoms with Crippen molar-refractivity contribution in [1.82, 2.24) is 9.36 Å². The third-order valence-corrected chi connectivity index (χ3v) is 3.17. The molecule has 0 aliphatic rings. The van der Waals surface area contributed by atoms with Crippen molar-refractivity contribution in [3.8, 4) is 0 Å². The van der Waals surface area contributed by atoms with E-state index in [9.17, 15) is 8.78 Å². The zero-order valence-electron chi connectivity index (χ0n) is 9.86. The van der Waals surface area contributed by atoms with Gasteiger partial charge in [-0.2, -0.15) is 4.37 Å². The minimum absolute atomic E-state index is 0.0444. The summed E-state index contributed by atoms with van der Waals surface area (Å²) in [6, 6.07) is 6.27. The maximum Gasteiger partial charge on any atom is 0.263 e. The van der Waals surface area contributed by atoms with E-state index in [0.29, 0.717) is 6.54 Å². The first kappa shape index (κ1) is 12.9. The summed E-state index contributed by atoms with van der Waals surface area (Å²) < 4.78 is 28.9. The summed E-state index contributed by atoms with van der Waals surface area (Å²) in [7, 11) is 0. The van der Waals surface area contributed by atoms with E-state index >= 15 is 0 Å². The number of halogens is 2. The average Bonchev–Trinajstić information content (AvgIpc) is 2.85. The van der Waals surface area contributed by atoms with Gasteiger partial charge in [0.1, 0.15) is 5.82 Å². The number of nitrogens with zero attached hydrogens (tertiary/aromatic N) is 2. The topological polar surface area (TPSA) is 37.8 Å². The van der Waals surface area contributed by atoms with Crippen LogP contribution in [0.2, 0.25) is 0 Å². The fourth-order valence-corrected chi connectivity index (χ4v) is 2.07. The number of anilines is 1. The Morgan fingerprint density at radius 1 is 1.28 bits per heavy atom. The number of benzene rings is 1. The minimum Gasteiger partial charge on any atom is -0.356 e. The van der Waals surface area contributed by atoms with Crippen molar-refractivity contribution in [1.29, 1.82) is 0 Å². The molecule has 1 heterocycles. The third-order valence-electron chi connectivity index (χ3n) is 2.46. The summed E-state index contributed by atoms with van der Waals surface area (Å²) in [5, 5.41) is 3.88. The Morgan fingerprint density at radius 2 is 2.00 bits per heavy atom. The molecule has 96 valence electrons. The smallest absolute Gasteiger partial charge is 0.263 e. The lowest BCUT2D eigenvalue weighted by Gasteiger charge is -2.04. The van der Waals surface area contributed by atoms with Crippen LogP contribution in [0.4, 0.5) is 13.9 Å². The van der Waals surface area contributed by atoms with Gasteiger partial charge in [0.25, 0.3) is 6.43 Å². The van der Waals surface area contributed by atoms with Crippen LogP contribution in [0, 0.1) is 0 Å². The highest BCUT2D eigenvalue weighted by atomic mass is 32.1. The number of alkyl halides is 2. The largest absolute Gasteiger partial charge is 0.356 e.